The van der Waals surface area contributed by atoms with Gasteiger partial charge < -0.3 is 5.32 Å². The fraction of sp³-hybridized carbons (Fsp3) is 0.278. The van der Waals surface area contributed by atoms with Crippen molar-refractivity contribution in [2.24, 2.45) is 0 Å². The first-order valence-corrected chi connectivity index (χ1v) is 10.6. The van der Waals surface area contributed by atoms with E-state index in [1.807, 2.05) is 25.1 Å². The molecule has 8 nitrogen and oxygen atoms in total. The highest BCUT2D eigenvalue weighted by Crippen LogP contribution is 2.26. The largest absolute Gasteiger partial charge is 0.324 e. The normalized spacial score (nSPS) is 11.8. The van der Waals surface area contributed by atoms with Gasteiger partial charge in [0, 0.05) is 30.2 Å². The number of nitrogens with zero attached hydrogens (tertiary/aromatic N) is 4. The third kappa shape index (κ3) is 6.03. The van der Waals surface area contributed by atoms with Gasteiger partial charge in [-0.2, -0.15) is 5.10 Å². The van der Waals surface area contributed by atoms with E-state index in [1.165, 1.54) is 12.3 Å². The van der Waals surface area contributed by atoms with Crippen LogP contribution in [0.2, 0.25) is 0 Å². The number of hydrogen-bond acceptors (Lipinski definition) is 6. The number of alkyl halides is 2. The van der Waals surface area contributed by atoms with E-state index >= 15 is 0 Å². The van der Waals surface area contributed by atoms with Crippen LogP contribution in [0, 0.1) is 6.92 Å². The van der Waals surface area contributed by atoms with Crippen molar-refractivity contribution in [1.29, 1.82) is 0 Å². The lowest BCUT2D eigenvalue weighted by atomic mass is 10.1. The molecule has 1 aromatic carbocycles. The smallest absolute Gasteiger partial charge is 0.280 e. The van der Waals surface area contributed by atoms with E-state index in [0.29, 0.717) is 12.2 Å². The zero-order valence-electron chi connectivity index (χ0n) is 15.8. The highest BCUT2D eigenvalue weighted by molar-refractivity contribution is 7.88. The van der Waals surface area contributed by atoms with Gasteiger partial charge in [-0.3, -0.25) is 4.68 Å². The van der Waals surface area contributed by atoms with Gasteiger partial charge in [0.05, 0.1) is 19.0 Å². The minimum atomic E-state index is -3.25. The van der Waals surface area contributed by atoms with Crippen LogP contribution in [-0.2, 0) is 16.6 Å². The molecule has 2 N–H and O–H groups in total. The van der Waals surface area contributed by atoms with E-state index in [9.17, 15) is 17.2 Å². The van der Waals surface area contributed by atoms with Gasteiger partial charge in [-0.05, 0) is 36.2 Å². The molecule has 0 aliphatic rings. The summed E-state index contributed by atoms with van der Waals surface area (Å²) in [5.74, 6) is 0.0851. The monoisotopic (exact) mass is 422 g/mol. The second kappa shape index (κ2) is 8.62. The highest BCUT2D eigenvalue weighted by Gasteiger charge is 2.11. The molecule has 11 heteroatoms. The van der Waals surface area contributed by atoms with Crippen LogP contribution in [0.4, 0.5) is 20.4 Å². The molecule has 0 spiro atoms. The zero-order valence-corrected chi connectivity index (χ0v) is 16.6. The maximum Gasteiger partial charge on any atom is 0.280 e. The number of nitrogens with one attached hydrogen (secondary N) is 2. The van der Waals surface area contributed by atoms with Crippen LogP contribution >= 0.6 is 0 Å². The number of rotatable bonds is 8. The van der Waals surface area contributed by atoms with Crippen molar-refractivity contribution in [3.05, 3.63) is 54.1 Å². The summed E-state index contributed by atoms with van der Waals surface area (Å²) >= 11 is 0. The fourth-order valence-electron chi connectivity index (χ4n) is 2.69. The first-order chi connectivity index (χ1) is 13.7. The molecule has 3 rings (SSSR count). The van der Waals surface area contributed by atoms with Crippen LogP contribution < -0.4 is 10.0 Å². The first kappa shape index (κ1) is 20.8. The molecule has 0 saturated heterocycles. The molecular formula is C18H20F2N6O2S. The summed E-state index contributed by atoms with van der Waals surface area (Å²) < 4.78 is 52.0. The minimum absolute atomic E-state index is 0.0851. The second-order valence-corrected chi connectivity index (χ2v) is 8.31. The first-order valence-electron chi connectivity index (χ1n) is 8.67. The molecule has 0 aliphatic carbocycles. The van der Waals surface area contributed by atoms with Crippen LogP contribution in [0.25, 0.3) is 11.1 Å². The molecule has 0 radical (unpaired) electrons. The highest BCUT2D eigenvalue weighted by atomic mass is 32.2. The van der Waals surface area contributed by atoms with E-state index < -0.39 is 16.4 Å². The van der Waals surface area contributed by atoms with Gasteiger partial charge in [-0.15, -0.1) is 0 Å². The van der Waals surface area contributed by atoms with Gasteiger partial charge in [0.25, 0.3) is 6.43 Å². The van der Waals surface area contributed by atoms with Gasteiger partial charge in [0.1, 0.15) is 5.69 Å². The Morgan fingerprint density at radius 1 is 1.21 bits per heavy atom. The lowest BCUT2D eigenvalue weighted by molar-refractivity contribution is 0.146. The number of anilines is 2. The lowest BCUT2D eigenvalue weighted by Gasteiger charge is -2.09. The zero-order chi connectivity index (χ0) is 21.0. The molecule has 0 saturated carbocycles. The summed E-state index contributed by atoms with van der Waals surface area (Å²) in [5.41, 5.74) is 2.94. The second-order valence-electron chi connectivity index (χ2n) is 6.48. The molecule has 3 aromatic rings. The quantitative estimate of drug-likeness (QED) is 0.579. The number of aryl methyl sites for hydroxylation is 1. The predicted octanol–water partition coefficient (Wildman–Crippen LogP) is 2.88. The molecule has 0 amide bonds. The van der Waals surface area contributed by atoms with Crippen molar-refractivity contribution in [2.75, 3.05) is 18.1 Å². The van der Waals surface area contributed by atoms with E-state index in [-0.39, 0.29) is 18.2 Å². The number of sulfonamides is 1. The van der Waals surface area contributed by atoms with Gasteiger partial charge in [0.15, 0.2) is 0 Å². The fourth-order valence-corrected chi connectivity index (χ4v) is 3.15. The number of halogens is 2. The average Bonchev–Trinajstić information content (AvgIpc) is 3.09. The summed E-state index contributed by atoms with van der Waals surface area (Å²) in [7, 11) is -3.25. The van der Waals surface area contributed by atoms with Crippen LogP contribution in [0.5, 0.6) is 0 Å². The molecule has 0 atom stereocenters. The van der Waals surface area contributed by atoms with Crippen LogP contribution in [0.3, 0.4) is 0 Å². The summed E-state index contributed by atoms with van der Waals surface area (Å²) in [5, 5.41) is 7.19. The third-order valence-corrected chi connectivity index (χ3v) is 4.63. The van der Waals surface area contributed by atoms with E-state index in [1.54, 1.807) is 17.1 Å². The SMILES string of the molecule is Cc1cc(Nc2nccc(C(F)F)n2)cc(-c2cnn(CCNS(C)(=O)=O)c2)c1. The summed E-state index contributed by atoms with van der Waals surface area (Å²) in [6, 6.07) is 6.81. The Labute approximate surface area is 167 Å². The Morgan fingerprint density at radius 3 is 2.72 bits per heavy atom. The maximum absolute atomic E-state index is 12.8. The standard InChI is InChI=1S/C18H20F2N6O2S/c1-12-7-13(14-10-22-26(11-14)6-5-23-29(2,27)28)9-15(8-12)24-18-21-4-3-16(25-18)17(19)20/h3-4,7-11,17,23H,5-6H2,1-2H3,(H,21,24,25). The number of hydrogen-bond donors (Lipinski definition) is 2. The molecule has 0 bridgehead atoms. The van der Waals surface area contributed by atoms with Gasteiger partial charge >= 0.3 is 0 Å². The maximum atomic E-state index is 12.8. The Bertz CT molecular complexity index is 1100. The molecule has 0 fully saturated rings. The molecule has 154 valence electrons. The molecule has 0 aliphatic heterocycles. The van der Waals surface area contributed by atoms with E-state index in [4.69, 9.17) is 0 Å². The van der Waals surface area contributed by atoms with Crippen LogP contribution in [0.1, 0.15) is 17.7 Å². The molecular weight excluding hydrogens is 402 g/mol. The molecule has 2 aromatic heterocycles. The van der Waals surface area contributed by atoms with Gasteiger partial charge in [-0.25, -0.2) is 31.9 Å². The molecule has 29 heavy (non-hydrogen) atoms. The van der Waals surface area contributed by atoms with Crippen molar-refractivity contribution in [3.8, 4) is 11.1 Å². The summed E-state index contributed by atoms with van der Waals surface area (Å²) in [4.78, 5) is 7.79. The summed E-state index contributed by atoms with van der Waals surface area (Å²) in [6.07, 6.45) is 3.18. The van der Waals surface area contributed by atoms with Crippen molar-refractivity contribution < 1.29 is 17.2 Å². The van der Waals surface area contributed by atoms with E-state index in [2.05, 4.69) is 25.1 Å². The van der Waals surface area contributed by atoms with Gasteiger partial charge in [0.2, 0.25) is 16.0 Å². The van der Waals surface area contributed by atoms with Crippen molar-refractivity contribution in [1.82, 2.24) is 24.5 Å². The topological polar surface area (TPSA) is 102 Å². The summed E-state index contributed by atoms with van der Waals surface area (Å²) in [6.45, 7) is 2.53. The Morgan fingerprint density at radius 2 is 2.00 bits per heavy atom. The molecule has 2 heterocycles. The molecule has 0 unspecified atom stereocenters. The number of benzene rings is 1. The van der Waals surface area contributed by atoms with Crippen molar-refractivity contribution in [3.63, 3.8) is 0 Å². The van der Waals surface area contributed by atoms with Gasteiger partial charge in [-0.1, -0.05) is 6.07 Å². The van der Waals surface area contributed by atoms with Crippen LogP contribution in [-0.4, -0.2) is 41.0 Å². The van der Waals surface area contributed by atoms with Crippen molar-refractivity contribution >= 4 is 21.7 Å². The Balaban J connectivity index is 1.76. The third-order valence-electron chi connectivity index (χ3n) is 3.91. The Kier molecular flexibility index (Phi) is 6.18. The minimum Gasteiger partial charge on any atom is -0.324 e. The average molecular weight is 422 g/mol. The lowest BCUT2D eigenvalue weighted by Crippen LogP contribution is -2.26. The number of aromatic nitrogens is 4. The Hall–Kier alpha value is -2.92. The van der Waals surface area contributed by atoms with Crippen LogP contribution in [0.15, 0.2) is 42.9 Å². The van der Waals surface area contributed by atoms with Crippen molar-refractivity contribution in [2.45, 2.75) is 19.9 Å². The predicted molar refractivity (Wildman–Crippen MR) is 106 cm³/mol. The van der Waals surface area contributed by atoms with E-state index in [0.717, 1.165) is 22.9 Å².